The largest absolute Gasteiger partial charge is 0.573 e. The molecule has 1 saturated heterocycles. The molecule has 1 fully saturated rings. The predicted octanol–water partition coefficient (Wildman–Crippen LogP) is 3.47. The highest BCUT2D eigenvalue weighted by atomic mass is 19.4. The Bertz CT molecular complexity index is 834. The smallest absolute Gasteiger partial charge is 0.469 e. The van der Waals surface area contributed by atoms with Crippen molar-refractivity contribution in [2.75, 3.05) is 0 Å². The molecule has 0 radical (unpaired) electrons. The minimum absolute atomic E-state index is 0.0434. The maximum absolute atomic E-state index is 12.2. The van der Waals surface area contributed by atoms with Crippen LogP contribution in [0.3, 0.4) is 0 Å². The molecule has 2 amide bonds. The number of benzene rings is 1. The minimum Gasteiger partial charge on any atom is -0.469 e. The number of hydrogen-bond acceptors (Lipinski definition) is 4. The number of carbonyl (C=O) groups excluding carboxylic acids is 2. The summed E-state index contributed by atoms with van der Waals surface area (Å²) in [6, 6.07) is 8.91. The minimum atomic E-state index is -4.74. The molecule has 0 spiro atoms. The summed E-state index contributed by atoms with van der Waals surface area (Å²) in [6.07, 6.45) is -0.955. The summed E-state index contributed by atoms with van der Waals surface area (Å²) >= 11 is 0. The van der Waals surface area contributed by atoms with Crippen LogP contribution in [0.2, 0.25) is 0 Å². The normalized spacial score (nSPS) is 19.1. The van der Waals surface area contributed by atoms with Gasteiger partial charge >= 0.3 is 6.36 Å². The summed E-state index contributed by atoms with van der Waals surface area (Å²) in [5.41, 5.74) is 0.135. The van der Waals surface area contributed by atoms with Crippen molar-refractivity contribution in [2.24, 2.45) is 0 Å². The van der Waals surface area contributed by atoms with Gasteiger partial charge in [-0.1, -0.05) is 12.1 Å². The molecule has 1 aromatic heterocycles. The fourth-order valence-electron chi connectivity index (χ4n) is 3.38. The second-order valence-electron chi connectivity index (χ2n) is 7.05. The van der Waals surface area contributed by atoms with Gasteiger partial charge in [0.05, 0.1) is 6.26 Å². The van der Waals surface area contributed by atoms with E-state index in [1.807, 2.05) is 6.07 Å². The van der Waals surface area contributed by atoms with Crippen LogP contribution in [0.5, 0.6) is 5.75 Å². The van der Waals surface area contributed by atoms with Crippen LogP contribution in [-0.2, 0) is 22.6 Å². The Kier molecular flexibility index (Phi) is 6.14. The first kappa shape index (κ1) is 20.8. The lowest BCUT2D eigenvalue weighted by molar-refractivity contribution is -0.274. The molecular formula is C20H21F3N2O4. The number of furan rings is 1. The molecule has 3 rings (SSSR count). The lowest BCUT2D eigenvalue weighted by Gasteiger charge is -2.28. The van der Waals surface area contributed by atoms with Crippen LogP contribution in [0, 0.1) is 0 Å². The highest BCUT2D eigenvalue weighted by Gasteiger charge is 2.38. The van der Waals surface area contributed by atoms with E-state index >= 15 is 0 Å². The van der Waals surface area contributed by atoms with Crippen LogP contribution < -0.4 is 15.4 Å². The van der Waals surface area contributed by atoms with Crippen molar-refractivity contribution in [3.05, 3.63) is 54.0 Å². The van der Waals surface area contributed by atoms with Crippen molar-refractivity contribution in [1.29, 1.82) is 0 Å². The van der Waals surface area contributed by atoms with Gasteiger partial charge in [-0.25, -0.2) is 0 Å². The Morgan fingerprint density at radius 2 is 2.00 bits per heavy atom. The van der Waals surface area contributed by atoms with Crippen LogP contribution in [0.1, 0.15) is 37.0 Å². The van der Waals surface area contributed by atoms with Crippen LogP contribution in [-0.4, -0.2) is 23.7 Å². The highest BCUT2D eigenvalue weighted by molar-refractivity contribution is 5.80. The van der Waals surface area contributed by atoms with Gasteiger partial charge in [-0.2, -0.15) is 0 Å². The van der Waals surface area contributed by atoms with Gasteiger partial charge in [-0.15, -0.1) is 13.2 Å². The van der Waals surface area contributed by atoms with E-state index in [0.717, 1.165) is 5.76 Å². The van der Waals surface area contributed by atoms with E-state index < -0.39 is 11.9 Å². The second kappa shape index (κ2) is 8.59. The van der Waals surface area contributed by atoms with Crippen LogP contribution in [0.4, 0.5) is 13.2 Å². The van der Waals surface area contributed by atoms with E-state index in [1.165, 1.54) is 24.3 Å². The Morgan fingerprint density at radius 3 is 2.59 bits per heavy atom. The zero-order chi connectivity index (χ0) is 20.9. The monoisotopic (exact) mass is 410 g/mol. The summed E-state index contributed by atoms with van der Waals surface area (Å²) in [6.45, 7) is 0.183. The number of ether oxygens (including phenoxy) is 1. The van der Waals surface area contributed by atoms with Crippen molar-refractivity contribution in [3.63, 3.8) is 0 Å². The Morgan fingerprint density at radius 1 is 1.24 bits per heavy atom. The SMILES string of the molecule is O=C(CC[C@@]1(Cc2ccco2)CCC(=O)N1)NCc1ccc(OC(F)(F)F)cc1. The zero-order valence-corrected chi connectivity index (χ0v) is 15.6. The van der Waals surface area contributed by atoms with Gasteiger partial charge in [-0.3, -0.25) is 9.59 Å². The average molecular weight is 410 g/mol. The van der Waals surface area contributed by atoms with Crippen molar-refractivity contribution in [2.45, 2.75) is 50.6 Å². The first-order valence-corrected chi connectivity index (χ1v) is 9.18. The fourth-order valence-corrected chi connectivity index (χ4v) is 3.38. The third kappa shape index (κ3) is 6.27. The molecule has 156 valence electrons. The van der Waals surface area contributed by atoms with Gasteiger partial charge in [0.2, 0.25) is 11.8 Å². The zero-order valence-electron chi connectivity index (χ0n) is 15.6. The number of hydrogen-bond donors (Lipinski definition) is 2. The van der Waals surface area contributed by atoms with E-state index in [4.69, 9.17) is 4.42 Å². The number of amides is 2. The molecule has 0 saturated carbocycles. The van der Waals surface area contributed by atoms with Crippen LogP contribution >= 0.6 is 0 Å². The molecule has 1 atom stereocenters. The summed E-state index contributed by atoms with van der Waals surface area (Å²) in [4.78, 5) is 24.0. The quantitative estimate of drug-likeness (QED) is 0.699. The van der Waals surface area contributed by atoms with Gasteiger partial charge in [0, 0.05) is 31.3 Å². The molecule has 2 N–H and O–H groups in total. The Balaban J connectivity index is 1.49. The molecule has 1 aliphatic heterocycles. The first-order chi connectivity index (χ1) is 13.7. The number of alkyl halides is 3. The van der Waals surface area contributed by atoms with Gasteiger partial charge < -0.3 is 19.8 Å². The van der Waals surface area contributed by atoms with Crippen LogP contribution in [0.25, 0.3) is 0 Å². The molecule has 6 nitrogen and oxygen atoms in total. The molecule has 1 aliphatic rings. The number of carbonyl (C=O) groups is 2. The van der Waals surface area contributed by atoms with Gasteiger partial charge in [0.25, 0.3) is 0 Å². The van der Waals surface area contributed by atoms with Crippen molar-refractivity contribution in [1.82, 2.24) is 10.6 Å². The van der Waals surface area contributed by atoms with E-state index in [2.05, 4.69) is 15.4 Å². The molecular weight excluding hydrogens is 389 g/mol. The lowest BCUT2D eigenvalue weighted by atomic mass is 9.87. The van der Waals surface area contributed by atoms with E-state index in [0.29, 0.717) is 31.2 Å². The van der Waals surface area contributed by atoms with Gasteiger partial charge in [-0.05, 0) is 42.7 Å². The average Bonchev–Trinajstić information content (AvgIpc) is 3.28. The topological polar surface area (TPSA) is 80.6 Å². The van der Waals surface area contributed by atoms with Gasteiger partial charge in [0.1, 0.15) is 11.5 Å². The molecule has 0 aliphatic carbocycles. The number of halogens is 3. The summed E-state index contributed by atoms with van der Waals surface area (Å²) in [5.74, 6) is 0.178. The second-order valence-corrected chi connectivity index (χ2v) is 7.05. The van der Waals surface area contributed by atoms with Crippen molar-refractivity contribution in [3.8, 4) is 5.75 Å². The Hall–Kier alpha value is -2.97. The summed E-state index contributed by atoms with van der Waals surface area (Å²) in [5, 5.41) is 5.71. The van der Waals surface area contributed by atoms with E-state index in [9.17, 15) is 22.8 Å². The summed E-state index contributed by atoms with van der Waals surface area (Å²) < 4.78 is 45.7. The fraction of sp³-hybridized carbons (Fsp3) is 0.400. The highest BCUT2D eigenvalue weighted by Crippen LogP contribution is 2.29. The molecule has 9 heteroatoms. The standard InChI is InChI=1S/C20H21F3N2O4/c21-20(22,23)29-15-5-3-14(4-6-15)13-24-17(26)7-9-19(10-8-18(27)25-19)12-16-2-1-11-28-16/h1-6,11H,7-10,12-13H2,(H,24,26)(H,25,27)/t19-/m0/s1. The Labute approximate surface area is 165 Å². The lowest BCUT2D eigenvalue weighted by Crippen LogP contribution is -2.44. The van der Waals surface area contributed by atoms with Crippen LogP contribution in [0.15, 0.2) is 47.1 Å². The van der Waals surface area contributed by atoms with Gasteiger partial charge in [0.15, 0.2) is 0 Å². The van der Waals surface area contributed by atoms with E-state index in [1.54, 1.807) is 12.3 Å². The van der Waals surface area contributed by atoms with Crippen molar-refractivity contribution >= 4 is 11.8 Å². The predicted molar refractivity (Wildman–Crippen MR) is 96.7 cm³/mol. The molecule has 2 heterocycles. The third-order valence-corrected chi connectivity index (χ3v) is 4.81. The number of nitrogens with one attached hydrogen (secondary N) is 2. The summed E-state index contributed by atoms with van der Waals surface area (Å²) in [7, 11) is 0. The molecule has 1 aromatic carbocycles. The maximum atomic E-state index is 12.2. The third-order valence-electron chi connectivity index (χ3n) is 4.81. The maximum Gasteiger partial charge on any atom is 0.573 e. The van der Waals surface area contributed by atoms with Crippen molar-refractivity contribution < 1.29 is 31.9 Å². The molecule has 29 heavy (non-hydrogen) atoms. The molecule has 2 aromatic rings. The number of rotatable bonds is 8. The first-order valence-electron chi connectivity index (χ1n) is 9.18. The molecule has 0 unspecified atom stereocenters. The van der Waals surface area contributed by atoms with E-state index in [-0.39, 0.29) is 30.5 Å². The molecule has 0 bridgehead atoms.